The van der Waals surface area contributed by atoms with Crippen LogP contribution in [-0.4, -0.2) is 0 Å². The number of hydrogen-bond donors (Lipinski definition) is 0. The lowest BCUT2D eigenvalue weighted by atomic mass is 10.1. The maximum absolute atomic E-state index is 2.20. The summed E-state index contributed by atoms with van der Waals surface area (Å²) in [6, 6.07) is 0. The van der Waals surface area contributed by atoms with E-state index in [0.29, 0.717) is 5.92 Å². The van der Waals surface area contributed by atoms with Crippen molar-refractivity contribution in [3.63, 3.8) is 0 Å². The van der Waals surface area contributed by atoms with Crippen LogP contribution >= 0.6 is 0 Å². The summed E-state index contributed by atoms with van der Waals surface area (Å²) in [5, 5.41) is 0. The summed E-state index contributed by atoms with van der Waals surface area (Å²) in [7, 11) is 0. The van der Waals surface area contributed by atoms with E-state index < -0.39 is 0 Å². The average molecular weight is 246 g/mol. The Hall–Kier alpha value is -1.30. The van der Waals surface area contributed by atoms with Crippen LogP contribution in [0.2, 0.25) is 0 Å². The highest BCUT2D eigenvalue weighted by atomic mass is 14.0. The Balaban J connectivity index is 0. The molecule has 0 saturated carbocycles. The van der Waals surface area contributed by atoms with Gasteiger partial charge in [0.1, 0.15) is 0 Å². The van der Waals surface area contributed by atoms with Gasteiger partial charge in [0.2, 0.25) is 0 Å². The SMILES string of the molecule is CC.C\C=C/C=C\C(=C\C)C(\C)=C\C=C/C(C)C. The van der Waals surface area contributed by atoms with E-state index in [1.807, 2.05) is 32.9 Å². The zero-order valence-electron chi connectivity index (χ0n) is 13.2. The average Bonchev–Trinajstić information content (AvgIpc) is 2.36. The van der Waals surface area contributed by atoms with Gasteiger partial charge < -0.3 is 0 Å². The second-order valence-corrected chi connectivity index (χ2v) is 4.11. The van der Waals surface area contributed by atoms with E-state index in [4.69, 9.17) is 0 Å². The lowest BCUT2D eigenvalue weighted by molar-refractivity contribution is 0.832. The molecule has 0 aromatic carbocycles. The molecule has 0 saturated heterocycles. The van der Waals surface area contributed by atoms with Crippen LogP contribution in [0.25, 0.3) is 0 Å². The van der Waals surface area contributed by atoms with Gasteiger partial charge >= 0.3 is 0 Å². The van der Waals surface area contributed by atoms with E-state index in [9.17, 15) is 0 Å². The molecule has 0 atom stereocenters. The molecule has 0 aromatic rings. The van der Waals surface area contributed by atoms with Gasteiger partial charge in [0.15, 0.2) is 0 Å². The molecule has 0 radical (unpaired) electrons. The maximum atomic E-state index is 2.20. The highest BCUT2D eigenvalue weighted by Gasteiger charge is 1.91. The monoisotopic (exact) mass is 246 g/mol. The molecule has 0 aliphatic carbocycles. The van der Waals surface area contributed by atoms with Crippen LogP contribution in [0.5, 0.6) is 0 Å². The van der Waals surface area contributed by atoms with Crippen molar-refractivity contribution in [1.29, 1.82) is 0 Å². The largest absolute Gasteiger partial charge is 0.0877 e. The molecule has 0 fully saturated rings. The van der Waals surface area contributed by atoms with Crippen LogP contribution in [0.15, 0.2) is 59.8 Å². The first-order chi connectivity index (χ1) is 8.61. The summed E-state index contributed by atoms with van der Waals surface area (Å²) in [4.78, 5) is 0. The summed E-state index contributed by atoms with van der Waals surface area (Å²) in [5.41, 5.74) is 2.56. The third-order valence-corrected chi connectivity index (χ3v) is 2.19. The molecule has 0 aromatic heterocycles. The van der Waals surface area contributed by atoms with Crippen LogP contribution in [0.1, 0.15) is 48.5 Å². The van der Waals surface area contributed by atoms with E-state index in [-0.39, 0.29) is 0 Å². The van der Waals surface area contributed by atoms with Gasteiger partial charge in [-0.1, -0.05) is 76.3 Å². The Morgan fingerprint density at radius 1 is 0.944 bits per heavy atom. The van der Waals surface area contributed by atoms with Gasteiger partial charge in [-0.3, -0.25) is 0 Å². The van der Waals surface area contributed by atoms with Crippen LogP contribution in [-0.2, 0) is 0 Å². The maximum Gasteiger partial charge on any atom is -0.0270 e. The smallest absolute Gasteiger partial charge is 0.0270 e. The zero-order chi connectivity index (χ0) is 14.4. The van der Waals surface area contributed by atoms with Crippen LogP contribution in [0.4, 0.5) is 0 Å². The van der Waals surface area contributed by atoms with Crippen LogP contribution in [0.3, 0.4) is 0 Å². The summed E-state index contributed by atoms with van der Waals surface area (Å²) < 4.78 is 0. The van der Waals surface area contributed by atoms with E-state index in [2.05, 4.69) is 64.2 Å². The molecule has 0 unspecified atom stereocenters. The Kier molecular flexibility index (Phi) is 14.6. The number of rotatable bonds is 5. The Bertz CT molecular complexity index is 320. The molecule has 0 heteroatoms. The van der Waals surface area contributed by atoms with Crippen molar-refractivity contribution in [1.82, 2.24) is 0 Å². The number of hydrogen-bond acceptors (Lipinski definition) is 0. The first-order valence-corrected chi connectivity index (χ1v) is 6.93. The Labute approximate surface area is 115 Å². The third kappa shape index (κ3) is 11.2. The fourth-order valence-corrected chi connectivity index (χ4v) is 1.24. The topological polar surface area (TPSA) is 0 Å². The van der Waals surface area contributed by atoms with Crippen LogP contribution in [0, 0.1) is 5.92 Å². The minimum Gasteiger partial charge on any atom is -0.0877 e. The molecule has 0 nitrogen and oxygen atoms in total. The number of allylic oxidation sites excluding steroid dienone is 10. The molecule has 0 spiro atoms. The lowest BCUT2D eigenvalue weighted by Crippen LogP contribution is -1.81. The molecule has 18 heavy (non-hydrogen) atoms. The minimum atomic E-state index is 0.608. The zero-order valence-corrected chi connectivity index (χ0v) is 13.2. The highest BCUT2D eigenvalue weighted by Crippen LogP contribution is 2.11. The minimum absolute atomic E-state index is 0.608. The highest BCUT2D eigenvalue weighted by molar-refractivity contribution is 5.40. The second kappa shape index (κ2) is 13.8. The van der Waals surface area contributed by atoms with Gasteiger partial charge in [-0.25, -0.2) is 0 Å². The third-order valence-electron chi connectivity index (χ3n) is 2.19. The molecule has 0 aliphatic rings. The van der Waals surface area contributed by atoms with Gasteiger partial charge in [-0.2, -0.15) is 0 Å². The van der Waals surface area contributed by atoms with Crippen molar-refractivity contribution < 1.29 is 0 Å². The normalized spacial score (nSPS) is 13.8. The van der Waals surface area contributed by atoms with Crippen molar-refractivity contribution in [2.75, 3.05) is 0 Å². The van der Waals surface area contributed by atoms with Crippen LogP contribution < -0.4 is 0 Å². The molecule has 0 N–H and O–H groups in total. The summed E-state index contributed by atoms with van der Waals surface area (Å²) in [6.45, 7) is 14.6. The quantitative estimate of drug-likeness (QED) is 0.503. The van der Waals surface area contributed by atoms with Gasteiger partial charge in [-0.15, -0.1) is 0 Å². The van der Waals surface area contributed by atoms with Crippen molar-refractivity contribution in [3.05, 3.63) is 59.8 Å². The lowest BCUT2D eigenvalue weighted by Gasteiger charge is -2.00. The molecule has 0 heterocycles. The van der Waals surface area contributed by atoms with Crippen molar-refractivity contribution in [2.45, 2.75) is 48.5 Å². The molecular formula is C18H30. The first kappa shape index (κ1) is 19.0. The van der Waals surface area contributed by atoms with Crippen molar-refractivity contribution in [2.24, 2.45) is 5.92 Å². The first-order valence-electron chi connectivity index (χ1n) is 6.93. The van der Waals surface area contributed by atoms with E-state index in [1.165, 1.54) is 11.1 Å². The predicted octanol–water partition coefficient (Wildman–Crippen LogP) is 6.25. The summed E-state index contributed by atoms with van der Waals surface area (Å²) in [5.74, 6) is 0.608. The standard InChI is InChI=1S/C16H24.C2H6/c1-6-8-9-13-16(7-2)15(5)12-10-11-14(3)4;1-2/h6-14H,1-5H3;1-2H3/b8-6-,11-10-,13-9-,15-12+,16-7-;. The van der Waals surface area contributed by atoms with E-state index >= 15 is 0 Å². The summed E-state index contributed by atoms with van der Waals surface area (Å²) >= 11 is 0. The van der Waals surface area contributed by atoms with Crippen molar-refractivity contribution >= 4 is 0 Å². The summed E-state index contributed by atoms with van der Waals surface area (Å²) in [6.07, 6.45) is 16.9. The Morgan fingerprint density at radius 3 is 2.00 bits per heavy atom. The van der Waals surface area contributed by atoms with Crippen molar-refractivity contribution in [3.8, 4) is 0 Å². The van der Waals surface area contributed by atoms with Gasteiger partial charge in [0, 0.05) is 0 Å². The van der Waals surface area contributed by atoms with E-state index in [0.717, 1.165) is 0 Å². The van der Waals surface area contributed by atoms with Gasteiger partial charge in [0.05, 0.1) is 0 Å². The molecule has 0 rings (SSSR count). The molecule has 102 valence electrons. The molecule has 0 bridgehead atoms. The predicted molar refractivity (Wildman–Crippen MR) is 86.8 cm³/mol. The molecule has 0 aliphatic heterocycles. The van der Waals surface area contributed by atoms with Gasteiger partial charge in [-0.05, 0) is 37.8 Å². The molecule has 0 amide bonds. The van der Waals surface area contributed by atoms with E-state index in [1.54, 1.807) is 0 Å². The fourth-order valence-electron chi connectivity index (χ4n) is 1.24. The molecular weight excluding hydrogens is 216 g/mol. The van der Waals surface area contributed by atoms with Gasteiger partial charge in [0.25, 0.3) is 0 Å². The second-order valence-electron chi connectivity index (χ2n) is 4.11. The fraction of sp³-hybridized carbons (Fsp3) is 0.444. The Morgan fingerprint density at radius 2 is 1.56 bits per heavy atom.